The van der Waals surface area contributed by atoms with Crippen molar-refractivity contribution in [3.8, 4) is 22.9 Å². The zero-order valence-corrected chi connectivity index (χ0v) is 13.9. The van der Waals surface area contributed by atoms with Crippen molar-refractivity contribution < 1.29 is 9.47 Å². The molecule has 0 bridgehead atoms. The molecule has 6 nitrogen and oxygen atoms in total. The van der Waals surface area contributed by atoms with Crippen LogP contribution in [0.5, 0.6) is 11.5 Å². The number of ether oxygens (including phenoxy) is 2. The molecule has 1 aromatic heterocycles. The lowest BCUT2D eigenvalue weighted by Gasteiger charge is -2.13. The van der Waals surface area contributed by atoms with Gasteiger partial charge in [0.15, 0.2) is 17.3 Å². The van der Waals surface area contributed by atoms with Crippen molar-refractivity contribution in [2.24, 2.45) is 5.73 Å². The van der Waals surface area contributed by atoms with Crippen molar-refractivity contribution >= 4 is 0 Å². The molecule has 3 N–H and O–H groups in total. The van der Waals surface area contributed by atoms with E-state index in [0.717, 1.165) is 11.1 Å². The summed E-state index contributed by atoms with van der Waals surface area (Å²) in [5.41, 5.74) is 9.32. The van der Waals surface area contributed by atoms with Gasteiger partial charge in [-0.25, -0.2) is 4.98 Å². The Morgan fingerprint density at radius 3 is 2.38 bits per heavy atom. The molecule has 0 spiro atoms. The molecule has 0 fully saturated rings. The zero-order valence-electron chi connectivity index (χ0n) is 13.9. The van der Waals surface area contributed by atoms with Crippen molar-refractivity contribution in [3.63, 3.8) is 0 Å². The first-order valence-electron chi connectivity index (χ1n) is 7.59. The van der Waals surface area contributed by atoms with Crippen LogP contribution >= 0.6 is 0 Å². The lowest BCUT2D eigenvalue weighted by molar-refractivity contribution is 0.354. The molecular formula is C18H20N4O2. The normalized spacial score (nSPS) is 12.0. The van der Waals surface area contributed by atoms with Crippen LogP contribution in [0.3, 0.4) is 0 Å². The number of benzene rings is 2. The number of hydrogen-bond acceptors (Lipinski definition) is 5. The molecule has 0 aliphatic heterocycles. The van der Waals surface area contributed by atoms with Gasteiger partial charge in [-0.05, 0) is 24.6 Å². The molecule has 0 radical (unpaired) electrons. The van der Waals surface area contributed by atoms with E-state index in [2.05, 4.69) is 15.2 Å². The lowest BCUT2D eigenvalue weighted by atomic mass is 10.1. The van der Waals surface area contributed by atoms with Gasteiger partial charge in [-0.1, -0.05) is 35.9 Å². The van der Waals surface area contributed by atoms with Crippen LogP contribution in [-0.4, -0.2) is 29.4 Å². The number of hydrogen-bond donors (Lipinski definition) is 2. The van der Waals surface area contributed by atoms with Crippen molar-refractivity contribution in [2.75, 3.05) is 14.2 Å². The van der Waals surface area contributed by atoms with Crippen LogP contribution in [0.4, 0.5) is 0 Å². The number of nitrogens with one attached hydrogen (secondary N) is 1. The smallest absolute Gasteiger partial charge is 0.181 e. The first-order chi connectivity index (χ1) is 11.6. The number of nitrogens with zero attached hydrogens (tertiary/aromatic N) is 2. The maximum atomic E-state index is 6.32. The highest BCUT2D eigenvalue weighted by atomic mass is 16.5. The van der Waals surface area contributed by atoms with Crippen LogP contribution in [0.25, 0.3) is 11.4 Å². The van der Waals surface area contributed by atoms with Gasteiger partial charge in [-0.3, -0.25) is 5.10 Å². The summed E-state index contributed by atoms with van der Waals surface area (Å²) in [6.07, 6.45) is 0. The third-order valence-corrected chi connectivity index (χ3v) is 3.87. The molecule has 24 heavy (non-hydrogen) atoms. The lowest BCUT2D eigenvalue weighted by Crippen LogP contribution is -2.14. The van der Waals surface area contributed by atoms with Gasteiger partial charge in [-0.2, -0.15) is 5.10 Å². The van der Waals surface area contributed by atoms with Crippen molar-refractivity contribution in [1.29, 1.82) is 0 Å². The van der Waals surface area contributed by atoms with Crippen molar-refractivity contribution in [2.45, 2.75) is 13.0 Å². The fraction of sp³-hybridized carbons (Fsp3) is 0.222. The molecule has 1 atom stereocenters. The van der Waals surface area contributed by atoms with Crippen molar-refractivity contribution in [1.82, 2.24) is 15.2 Å². The van der Waals surface area contributed by atoms with Crippen LogP contribution in [0.1, 0.15) is 23.0 Å². The third-order valence-electron chi connectivity index (χ3n) is 3.87. The number of aromatic amines is 1. The first kappa shape index (κ1) is 16.0. The second-order valence-corrected chi connectivity index (χ2v) is 5.50. The fourth-order valence-corrected chi connectivity index (χ4v) is 2.45. The van der Waals surface area contributed by atoms with Gasteiger partial charge < -0.3 is 15.2 Å². The second kappa shape index (κ2) is 6.72. The van der Waals surface area contributed by atoms with Crippen LogP contribution in [-0.2, 0) is 0 Å². The summed E-state index contributed by atoms with van der Waals surface area (Å²) in [6, 6.07) is 13.2. The van der Waals surface area contributed by atoms with E-state index in [1.807, 2.05) is 49.4 Å². The van der Waals surface area contributed by atoms with Gasteiger partial charge >= 0.3 is 0 Å². The molecular weight excluding hydrogens is 304 g/mol. The van der Waals surface area contributed by atoms with Crippen LogP contribution in [0, 0.1) is 6.92 Å². The maximum absolute atomic E-state index is 6.32. The average Bonchev–Trinajstić information content (AvgIpc) is 3.11. The summed E-state index contributed by atoms with van der Waals surface area (Å²) in [5.74, 6) is 2.51. The summed E-state index contributed by atoms with van der Waals surface area (Å²) in [6.45, 7) is 2.04. The number of aryl methyl sites for hydroxylation is 1. The SMILES string of the molecule is COc1ccc(C(N)c2nc(-c3ccc(C)cc3)n[nH]2)cc1OC. The average molecular weight is 324 g/mol. The number of rotatable bonds is 5. The van der Waals surface area contributed by atoms with E-state index >= 15 is 0 Å². The minimum atomic E-state index is -0.434. The zero-order chi connectivity index (χ0) is 17.1. The van der Waals surface area contributed by atoms with E-state index in [0.29, 0.717) is 23.1 Å². The highest BCUT2D eigenvalue weighted by Crippen LogP contribution is 2.30. The Balaban J connectivity index is 1.88. The number of H-pyrrole nitrogens is 1. The Bertz CT molecular complexity index is 827. The second-order valence-electron chi connectivity index (χ2n) is 5.50. The molecule has 2 aromatic carbocycles. The molecule has 0 saturated heterocycles. The standard InChI is InChI=1S/C18H20N4O2/c1-11-4-6-12(7-5-11)17-20-18(22-21-17)16(19)13-8-9-14(23-2)15(10-13)24-3/h4-10,16H,19H2,1-3H3,(H,20,21,22). The summed E-state index contributed by atoms with van der Waals surface area (Å²) in [4.78, 5) is 4.52. The minimum absolute atomic E-state index is 0.434. The van der Waals surface area contributed by atoms with Gasteiger partial charge in [0, 0.05) is 5.56 Å². The first-order valence-corrected chi connectivity index (χ1v) is 7.59. The molecule has 3 aromatic rings. The monoisotopic (exact) mass is 324 g/mol. The Hall–Kier alpha value is -2.86. The highest BCUT2D eigenvalue weighted by Gasteiger charge is 2.17. The van der Waals surface area contributed by atoms with Gasteiger partial charge in [0.1, 0.15) is 5.82 Å². The molecule has 1 unspecified atom stereocenters. The molecule has 3 rings (SSSR count). The topological polar surface area (TPSA) is 86.0 Å². The summed E-state index contributed by atoms with van der Waals surface area (Å²) < 4.78 is 10.6. The molecule has 0 saturated carbocycles. The van der Waals surface area contributed by atoms with Crippen LogP contribution in [0.15, 0.2) is 42.5 Å². The van der Waals surface area contributed by atoms with Crippen LogP contribution < -0.4 is 15.2 Å². The number of aromatic nitrogens is 3. The Morgan fingerprint density at radius 1 is 1.00 bits per heavy atom. The Kier molecular flexibility index (Phi) is 4.48. The number of nitrogens with two attached hydrogens (primary N) is 1. The van der Waals surface area contributed by atoms with Gasteiger partial charge in [-0.15, -0.1) is 0 Å². The molecule has 0 amide bonds. The molecule has 6 heteroatoms. The predicted octanol–water partition coefficient (Wildman–Crippen LogP) is 2.85. The third kappa shape index (κ3) is 3.09. The minimum Gasteiger partial charge on any atom is -0.493 e. The van der Waals surface area contributed by atoms with Gasteiger partial charge in [0.25, 0.3) is 0 Å². The van der Waals surface area contributed by atoms with Crippen molar-refractivity contribution in [3.05, 3.63) is 59.4 Å². The number of methoxy groups -OCH3 is 2. The maximum Gasteiger partial charge on any atom is 0.181 e. The molecule has 0 aliphatic rings. The summed E-state index contributed by atoms with van der Waals surface area (Å²) >= 11 is 0. The summed E-state index contributed by atoms with van der Waals surface area (Å²) in [7, 11) is 3.19. The van der Waals surface area contributed by atoms with E-state index in [1.165, 1.54) is 5.56 Å². The highest BCUT2D eigenvalue weighted by molar-refractivity contribution is 5.55. The van der Waals surface area contributed by atoms with E-state index in [1.54, 1.807) is 14.2 Å². The predicted molar refractivity (Wildman–Crippen MR) is 92.1 cm³/mol. The molecule has 124 valence electrons. The van der Waals surface area contributed by atoms with E-state index < -0.39 is 6.04 Å². The van der Waals surface area contributed by atoms with E-state index in [-0.39, 0.29) is 0 Å². The fourth-order valence-electron chi connectivity index (χ4n) is 2.45. The summed E-state index contributed by atoms with van der Waals surface area (Å²) in [5, 5.41) is 7.19. The van der Waals surface area contributed by atoms with Crippen LogP contribution in [0.2, 0.25) is 0 Å². The largest absolute Gasteiger partial charge is 0.493 e. The Labute approximate surface area is 140 Å². The molecule has 0 aliphatic carbocycles. The quantitative estimate of drug-likeness (QED) is 0.753. The molecule has 1 heterocycles. The van der Waals surface area contributed by atoms with E-state index in [9.17, 15) is 0 Å². The van der Waals surface area contributed by atoms with Gasteiger partial charge in [0.05, 0.1) is 20.3 Å². The van der Waals surface area contributed by atoms with Gasteiger partial charge in [0.2, 0.25) is 0 Å². The van der Waals surface area contributed by atoms with E-state index in [4.69, 9.17) is 15.2 Å². The Morgan fingerprint density at radius 2 is 1.71 bits per heavy atom.